The first-order valence-electron chi connectivity index (χ1n) is 2.55. The second-order valence-electron chi connectivity index (χ2n) is 1.68. The molecule has 1 aliphatic rings. The number of carbonyl (C=O) groups excluding carboxylic acids is 1. The van der Waals surface area contributed by atoms with E-state index in [1.165, 1.54) is 17.3 Å². The first kappa shape index (κ1) is 5.59. The first-order valence-corrected chi connectivity index (χ1v) is 5.36. The summed E-state index contributed by atoms with van der Waals surface area (Å²) < 4.78 is 1.86. The fourth-order valence-corrected chi connectivity index (χ4v) is 3.10. The first-order chi connectivity index (χ1) is 3.39. The molecule has 0 atom stereocenters. The number of hydrogen-bond acceptors (Lipinski definition) is 1. The van der Waals surface area contributed by atoms with Crippen molar-refractivity contribution in [2.45, 2.75) is 23.7 Å². The molecule has 1 aliphatic heterocycles. The Hall–Kier alpha value is 0.460. The summed E-state index contributed by atoms with van der Waals surface area (Å²) in [7, 11) is 0. The molecule has 1 heterocycles. The zero-order valence-electron chi connectivity index (χ0n) is 4.14. The second kappa shape index (κ2) is 2.69. The molecule has 0 radical (unpaired) electrons. The van der Waals surface area contributed by atoms with E-state index in [2.05, 4.69) is 0 Å². The Morgan fingerprint density at radius 1 is 1.43 bits per heavy atom. The van der Waals surface area contributed by atoms with Crippen molar-refractivity contribution in [3.63, 3.8) is 0 Å². The van der Waals surface area contributed by atoms with Crippen LogP contribution in [0.3, 0.4) is 0 Å². The number of rotatable bonds is 0. The van der Waals surface area contributed by atoms with Gasteiger partial charge in [0.2, 0.25) is 0 Å². The molecule has 0 N–H and O–H groups in total. The molecule has 0 aromatic rings. The predicted octanol–water partition coefficient (Wildman–Crippen LogP) is 0.819. The topological polar surface area (TPSA) is 17.1 Å². The van der Waals surface area contributed by atoms with Crippen LogP contribution in [0.1, 0.15) is 19.3 Å². The summed E-state index contributed by atoms with van der Waals surface area (Å²) in [4.78, 5) is 10.5. The van der Waals surface area contributed by atoms with Gasteiger partial charge in [-0.15, -0.1) is 0 Å². The third kappa shape index (κ3) is 1.80. The molecule has 1 fully saturated rings. The Kier molecular flexibility index (Phi) is 2.15. The summed E-state index contributed by atoms with van der Waals surface area (Å²) in [5, 5.41) is 0. The maximum absolute atomic E-state index is 10.5. The summed E-state index contributed by atoms with van der Waals surface area (Å²) in [6.07, 6.45) is 3.40. The van der Waals surface area contributed by atoms with Crippen molar-refractivity contribution < 1.29 is 4.79 Å². The maximum atomic E-state index is 10.5. The molecule has 40 valence electrons. The standard InChI is InChI=1S/C5H8OTe/c6-5-3-1-2-4-7-5/h1-4H2. The van der Waals surface area contributed by atoms with Crippen LogP contribution in [0.5, 0.6) is 0 Å². The summed E-state index contributed by atoms with van der Waals surface area (Å²) >= 11 is -0.139. The Bertz CT molecular complexity index is 72.1. The van der Waals surface area contributed by atoms with Gasteiger partial charge in [-0.05, 0) is 0 Å². The van der Waals surface area contributed by atoms with Gasteiger partial charge in [0.15, 0.2) is 0 Å². The molecule has 0 aliphatic carbocycles. The summed E-state index contributed by atoms with van der Waals surface area (Å²) in [5.74, 6) is 0. The van der Waals surface area contributed by atoms with E-state index >= 15 is 0 Å². The molecule has 2 heteroatoms. The van der Waals surface area contributed by atoms with E-state index < -0.39 is 0 Å². The van der Waals surface area contributed by atoms with Gasteiger partial charge in [-0.25, -0.2) is 0 Å². The summed E-state index contributed by atoms with van der Waals surface area (Å²) in [6, 6.07) is 0. The molecular weight excluding hydrogens is 204 g/mol. The van der Waals surface area contributed by atoms with Crippen LogP contribution in [0, 0.1) is 0 Å². The minimum atomic E-state index is -0.139. The van der Waals surface area contributed by atoms with Crippen molar-refractivity contribution in [1.29, 1.82) is 0 Å². The third-order valence-corrected chi connectivity index (χ3v) is 3.95. The molecular formula is C5H8OTe. The quantitative estimate of drug-likeness (QED) is 0.543. The monoisotopic (exact) mass is 214 g/mol. The van der Waals surface area contributed by atoms with Gasteiger partial charge in [-0.2, -0.15) is 0 Å². The average molecular weight is 212 g/mol. The van der Waals surface area contributed by atoms with Gasteiger partial charge in [0.1, 0.15) is 0 Å². The Morgan fingerprint density at radius 2 is 2.29 bits per heavy atom. The van der Waals surface area contributed by atoms with Crippen molar-refractivity contribution in [3.05, 3.63) is 0 Å². The molecule has 0 aromatic carbocycles. The normalized spacial score (nSPS) is 22.6. The van der Waals surface area contributed by atoms with Crippen molar-refractivity contribution in [3.8, 4) is 0 Å². The molecule has 0 unspecified atom stereocenters. The van der Waals surface area contributed by atoms with E-state index in [0.29, 0.717) is 3.83 Å². The predicted molar refractivity (Wildman–Crippen MR) is 29.4 cm³/mol. The van der Waals surface area contributed by atoms with Gasteiger partial charge >= 0.3 is 53.3 Å². The van der Waals surface area contributed by atoms with Crippen LogP contribution in [0.4, 0.5) is 0 Å². The van der Waals surface area contributed by atoms with E-state index in [0.717, 1.165) is 6.42 Å². The third-order valence-electron chi connectivity index (χ3n) is 1.04. The van der Waals surface area contributed by atoms with Crippen LogP contribution in [0.25, 0.3) is 0 Å². The van der Waals surface area contributed by atoms with E-state index in [9.17, 15) is 4.79 Å². The molecule has 7 heavy (non-hydrogen) atoms. The van der Waals surface area contributed by atoms with Crippen molar-refractivity contribution >= 4 is 24.8 Å². The van der Waals surface area contributed by atoms with Gasteiger partial charge in [0.05, 0.1) is 0 Å². The van der Waals surface area contributed by atoms with Gasteiger partial charge < -0.3 is 0 Å². The van der Waals surface area contributed by atoms with E-state index in [4.69, 9.17) is 0 Å². The molecule has 0 amide bonds. The van der Waals surface area contributed by atoms with Crippen LogP contribution in [-0.2, 0) is 4.79 Å². The molecule has 1 nitrogen and oxygen atoms in total. The number of carbonyl (C=O) groups is 1. The van der Waals surface area contributed by atoms with Crippen LogP contribution < -0.4 is 0 Å². The Balaban J connectivity index is 2.25. The van der Waals surface area contributed by atoms with Gasteiger partial charge in [0.25, 0.3) is 0 Å². The SMILES string of the molecule is O=C1CCCC[Te]1. The van der Waals surface area contributed by atoms with Gasteiger partial charge in [-0.1, -0.05) is 0 Å². The summed E-state index contributed by atoms with van der Waals surface area (Å²) in [5.41, 5.74) is 0. The van der Waals surface area contributed by atoms with Crippen LogP contribution in [0.15, 0.2) is 0 Å². The van der Waals surface area contributed by atoms with Crippen LogP contribution >= 0.6 is 0 Å². The Labute approximate surface area is 53.6 Å². The fraction of sp³-hybridized carbons (Fsp3) is 0.800. The van der Waals surface area contributed by atoms with Crippen molar-refractivity contribution in [1.82, 2.24) is 0 Å². The van der Waals surface area contributed by atoms with Gasteiger partial charge in [0, 0.05) is 0 Å². The van der Waals surface area contributed by atoms with E-state index in [1.54, 1.807) is 0 Å². The van der Waals surface area contributed by atoms with Crippen molar-refractivity contribution in [2.75, 3.05) is 0 Å². The zero-order valence-corrected chi connectivity index (χ0v) is 6.48. The van der Waals surface area contributed by atoms with Crippen molar-refractivity contribution in [2.24, 2.45) is 0 Å². The fourth-order valence-electron chi connectivity index (χ4n) is 0.630. The molecule has 1 saturated heterocycles. The molecule has 0 bridgehead atoms. The zero-order chi connectivity index (χ0) is 5.11. The van der Waals surface area contributed by atoms with E-state index in [1.807, 2.05) is 0 Å². The van der Waals surface area contributed by atoms with Crippen LogP contribution in [0.2, 0.25) is 4.47 Å². The van der Waals surface area contributed by atoms with E-state index in [-0.39, 0.29) is 20.9 Å². The number of hydrogen-bond donors (Lipinski definition) is 0. The van der Waals surface area contributed by atoms with Gasteiger partial charge in [-0.3, -0.25) is 0 Å². The molecule has 0 aromatic heterocycles. The molecule has 1 rings (SSSR count). The Morgan fingerprint density at radius 3 is 2.57 bits per heavy atom. The second-order valence-corrected chi connectivity index (χ2v) is 4.97. The molecule has 0 spiro atoms. The summed E-state index contributed by atoms with van der Waals surface area (Å²) in [6.45, 7) is 0. The molecule has 0 saturated carbocycles. The average Bonchev–Trinajstić information content (AvgIpc) is 1.69. The van der Waals surface area contributed by atoms with Crippen LogP contribution in [-0.4, -0.2) is 24.8 Å². The minimum absolute atomic E-state index is 0.139.